The summed E-state index contributed by atoms with van der Waals surface area (Å²) in [6.07, 6.45) is 1.39. The van der Waals surface area contributed by atoms with Gasteiger partial charge < -0.3 is 9.52 Å². The molecule has 0 saturated carbocycles. The first kappa shape index (κ1) is 21.2. The molecule has 1 N–H and O–H groups in total. The Morgan fingerprint density at radius 1 is 1.15 bits per heavy atom. The molecule has 4 aromatic rings. The SMILES string of the molecule is Cc1ccc2nc(N3C(=O)C(O)=C(C(=O)c4ccco4)[C@H]3c3ccc(C(C)C)cc3)sc2c1. The normalized spacial score (nSPS) is 16.4. The van der Waals surface area contributed by atoms with Gasteiger partial charge in [-0.2, -0.15) is 0 Å². The van der Waals surface area contributed by atoms with Crippen molar-refractivity contribution in [3.63, 3.8) is 0 Å². The summed E-state index contributed by atoms with van der Waals surface area (Å²) >= 11 is 1.35. The molecule has 0 bridgehead atoms. The topological polar surface area (TPSA) is 83.6 Å². The largest absolute Gasteiger partial charge is 0.503 e. The highest BCUT2D eigenvalue weighted by atomic mass is 32.1. The zero-order chi connectivity index (χ0) is 23.3. The highest BCUT2D eigenvalue weighted by molar-refractivity contribution is 7.22. The van der Waals surface area contributed by atoms with E-state index < -0.39 is 23.5 Å². The van der Waals surface area contributed by atoms with E-state index in [2.05, 4.69) is 18.8 Å². The molecule has 5 rings (SSSR count). The van der Waals surface area contributed by atoms with Crippen LogP contribution in [0, 0.1) is 6.92 Å². The van der Waals surface area contributed by atoms with Crippen LogP contribution in [-0.2, 0) is 4.79 Å². The Labute approximate surface area is 194 Å². The molecule has 1 aliphatic rings. The van der Waals surface area contributed by atoms with Crippen molar-refractivity contribution in [2.75, 3.05) is 4.90 Å². The van der Waals surface area contributed by atoms with Crippen molar-refractivity contribution in [2.24, 2.45) is 0 Å². The number of nitrogens with zero attached hydrogens (tertiary/aromatic N) is 2. The molecule has 0 saturated heterocycles. The van der Waals surface area contributed by atoms with Crippen molar-refractivity contribution in [1.82, 2.24) is 4.98 Å². The number of fused-ring (bicyclic) bond motifs is 1. The van der Waals surface area contributed by atoms with E-state index in [0.717, 1.165) is 21.3 Å². The second-order valence-electron chi connectivity index (χ2n) is 8.44. The summed E-state index contributed by atoms with van der Waals surface area (Å²) in [6.45, 7) is 6.19. The number of ketones is 1. The van der Waals surface area contributed by atoms with E-state index in [1.165, 1.54) is 28.6 Å². The molecule has 1 atom stereocenters. The van der Waals surface area contributed by atoms with Crippen molar-refractivity contribution in [3.8, 4) is 0 Å². The first-order valence-electron chi connectivity index (χ1n) is 10.7. The lowest BCUT2D eigenvalue weighted by molar-refractivity contribution is -0.117. The second kappa shape index (κ2) is 8.01. The molecule has 0 fully saturated rings. The Kier molecular flexibility index (Phi) is 5.13. The monoisotopic (exact) mass is 458 g/mol. The molecule has 3 heterocycles. The van der Waals surface area contributed by atoms with Gasteiger partial charge in [0.15, 0.2) is 16.7 Å². The predicted octanol–water partition coefficient (Wildman–Crippen LogP) is 6.10. The van der Waals surface area contributed by atoms with Crippen LogP contribution in [0.3, 0.4) is 0 Å². The molecule has 2 aromatic heterocycles. The van der Waals surface area contributed by atoms with Crippen LogP contribution < -0.4 is 4.90 Å². The molecular formula is C26H22N2O4S. The lowest BCUT2D eigenvalue weighted by Crippen LogP contribution is -2.31. The van der Waals surface area contributed by atoms with E-state index in [1.54, 1.807) is 6.07 Å². The van der Waals surface area contributed by atoms with Crippen LogP contribution in [0.5, 0.6) is 0 Å². The van der Waals surface area contributed by atoms with Gasteiger partial charge in [-0.05, 0) is 53.8 Å². The molecule has 0 aliphatic carbocycles. The number of Topliss-reactive ketones (excluding diaryl/α,β-unsaturated/α-hetero) is 1. The quantitative estimate of drug-likeness (QED) is 0.365. The highest BCUT2D eigenvalue weighted by Gasteiger charge is 2.46. The number of hydrogen-bond acceptors (Lipinski definition) is 6. The summed E-state index contributed by atoms with van der Waals surface area (Å²) in [5.74, 6) is -1.36. The lowest BCUT2D eigenvalue weighted by atomic mass is 9.93. The van der Waals surface area contributed by atoms with Gasteiger partial charge in [0.1, 0.15) is 0 Å². The van der Waals surface area contributed by atoms with Crippen LogP contribution in [0.15, 0.2) is 76.6 Å². The number of aryl methyl sites for hydroxylation is 1. The summed E-state index contributed by atoms with van der Waals surface area (Å²) < 4.78 is 6.22. The number of anilines is 1. The van der Waals surface area contributed by atoms with Crippen LogP contribution in [-0.4, -0.2) is 21.8 Å². The van der Waals surface area contributed by atoms with Gasteiger partial charge in [-0.1, -0.05) is 55.5 Å². The third kappa shape index (κ3) is 3.54. The molecule has 6 nitrogen and oxygen atoms in total. The lowest BCUT2D eigenvalue weighted by Gasteiger charge is -2.24. The third-order valence-corrected chi connectivity index (χ3v) is 6.87. The third-order valence-electron chi connectivity index (χ3n) is 5.86. The molecular weight excluding hydrogens is 436 g/mol. The van der Waals surface area contributed by atoms with Crippen LogP contribution in [0.1, 0.15) is 53.1 Å². The molecule has 0 unspecified atom stereocenters. The van der Waals surface area contributed by atoms with Gasteiger partial charge in [0.25, 0.3) is 5.91 Å². The van der Waals surface area contributed by atoms with Crippen molar-refractivity contribution < 1.29 is 19.1 Å². The summed E-state index contributed by atoms with van der Waals surface area (Å²) in [6, 6.07) is 15.9. The van der Waals surface area contributed by atoms with Crippen molar-refractivity contribution in [1.29, 1.82) is 0 Å². The molecule has 2 aromatic carbocycles. The summed E-state index contributed by atoms with van der Waals surface area (Å²) in [7, 11) is 0. The number of furan rings is 1. The fraction of sp³-hybridized carbons (Fsp3) is 0.192. The molecule has 7 heteroatoms. The van der Waals surface area contributed by atoms with Crippen LogP contribution in [0.25, 0.3) is 10.2 Å². The summed E-state index contributed by atoms with van der Waals surface area (Å²) in [5.41, 5.74) is 3.68. The number of thiazole rings is 1. The number of aromatic nitrogens is 1. The Hall–Kier alpha value is -3.71. The zero-order valence-electron chi connectivity index (χ0n) is 18.4. The van der Waals surface area contributed by atoms with Crippen molar-refractivity contribution >= 4 is 38.4 Å². The first-order chi connectivity index (χ1) is 15.8. The maximum atomic E-state index is 13.3. The smallest absolute Gasteiger partial charge is 0.296 e. The van der Waals surface area contributed by atoms with E-state index in [4.69, 9.17) is 4.42 Å². The number of amides is 1. The molecule has 166 valence electrons. The average Bonchev–Trinajstić information content (AvgIpc) is 3.52. The van der Waals surface area contributed by atoms with E-state index in [0.29, 0.717) is 16.6 Å². The summed E-state index contributed by atoms with van der Waals surface area (Å²) in [4.78, 5) is 32.7. The van der Waals surface area contributed by atoms with Gasteiger partial charge in [-0.3, -0.25) is 14.5 Å². The van der Waals surface area contributed by atoms with Crippen molar-refractivity contribution in [2.45, 2.75) is 32.7 Å². The number of hydrogen-bond donors (Lipinski definition) is 1. The zero-order valence-corrected chi connectivity index (χ0v) is 19.2. The first-order valence-corrected chi connectivity index (χ1v) is 11.5. The number of rotatable bonds is 5. The van der Waals surface area contributed by atoms with Gasteiger partial charge in [0.2, 0.25) is 5.78 Å². The number of aliphatic hydroxyl groups excluding tert-OH is 1. The van der Waals surface area contributed by atoms with Gasteiger partial charge in [-0.15, -0.1) is 0 Å². The number of benzene rings is 2. The minimum absolute atomic E-state index is 0.0114. The maximum Gasteiger partial charge on any atom is 0.296 e. The molecule has 33 heavy (non-hydrogen) atoms. The Balaban J connectivity index is 1.67. The maximum absolute atomic E-state index is 13.3. The molecule has 1 aliphatic heterocycles. The van der Waals surface area contributed by atoms with Gasteiger partial charge in [0, 0.05) is 0 Å². The van der Waals surface area contributed by atoms with Gasteiger partial charge in [0.05, 0.1) is 28.1 Å². The standard InChI is InChI=1S/C26H22N2O4S/c1-14(2)16-7-9-17(10-8-16)22-21(23(29)19-5-4-12-32-19)24(30)25(31)28(22)26-27-18-11-6-15(3)13-20(18)33-26/h4-14,22,30H,1-3H3/t22-/m1/s1. The van der Waals surface area contributed by atoms with E-state index in [1.807, 2.05) is 49.4 Å². The number of carbonyl (C=O) groups excluding carboxylic acids is 2. The molecule has 0 spiro atoms. The van der Waals surface area contributed by atoms with Crippen LogP contribution in [0.2, 0.25) is 0 Å². The van der Waals surface area contributed by atoms with Crippen LogP contribution >= 0.6 is 11.3 Å². The Morgan fingerprint density at radius 3 is 2.58 bits per heavy atom. The fourth-order valence-electron chi connectivity index (χ4n) is 4.08. The minimum atomic E-state index is -0.821. The Morgan fingerprint density at radius 2 is 1.91 bits per heavy atom. The minimum Gasteiger partial charge on any atom is -0.503 e. The van der Waals surface area contributed by atoms with Crippen molar-refractivity contribution in [3.05, 3.63) is 94.6 Å². The highest BCUT2D eigenvalue weighted by Crippen LogP contribution is 2.44. The average molecular weight is 459 g/mol. The fourth-order valence-corrected chi connectivity index (χ4v) is 5.17. The van der Waals surface area contributed by atoms with Crippen LogP contribution in [0.4, 0.5) is 5.13 Å². The van der Waals surface area contributed by atoms with E-state index in [-0.39, 0.29) is 11.3 Å². The number of aliphatic hydroxyl groups is 1. The van der Waals surface area contributed by atoms with E-state index in [9.17, 15) is 14.7 Å². The van der Waals surface area contributed by atoms with Gasteiger partial charge in [-0.25, -0.2) is 4.98 Å². The van der Waals surface area contributed by atoms with Gasteiger partial charge >= 0.3 is 0 Å². The predicted molar refractivity (Wildman–Crippen MR) is 128 cm³/mol. The van der Waals surface area contributed by atoms with E-state index >= 15 is 0 Å². The second-order valence-corrected chi connectivity index (χ2v) is 9.44. The molecule has 1 amide bonds. The summed E-state index contributed by atoms with van der Waals surface area (Å²) in [5, 5.41) is 11.3. The molecule has 0 radical (unpaired) electrons. The Bertz CT molecular complexity index is 1400. The number of carbonyl (C=O) groups is 2.